The lowest BCUT2D eigenvalue weighted by molar-refractivity contribution is -0.139. The second kappa shape index (κ2) is 11.5. The van der Waals surface area contributed by atoms with E-state index in [4.69, 9.17) is 9.84 Å². The predicted molar refractivity (Wildman–Crippen MR) is 132 cm³/mol. The Labute approximate surface area is 210 Å². The van der Waals surface area contributed by atoms with E-state index in [9.17, 15) is 22.8 Å². The Morgan fingerprint density at radius 2 is 1.69 bits per heavy atom. The summed E-state index contributed by atoms with van der Waals surface area (Å²) < 4.78 is 33.0. The maximum absolute atomic E-state index is 13.4. The Kier molecular flexibility index (Phi) is 8.70. The quantitative estimate of drug-likeness (QED) is 0.518. The molecule has 1 unspecified atom stereocenters. The third-order valence-corrected chi connectivity index (χ3v) is 7.91. The van der Waals surface area contributed by atoms with E-state index in [0.717, 1.165) is 9.87 Å². The number of aliphatic carboxylic acids is 1. The zero-order valence-electron chi connectivity index (χ0n) is 20.5. The van der Waals surface area contributed by atoms with Gasteiger partial charge in [0.25, 0.3) is 0 Å². The van der Waals surface area contributed by atoms with E-state index < -0.39 is 34.5 Å². The average Bonchev–Trinajstić information content (AvgIpc) is 2.86. The molecule has 36 heavy (non-hydrogen) atoms. The first-order valence-electron chi connectivity index (χ1n) is 11.6. The van der Waals surface area contributed by atoms with E-state index in [1.165, 1.54) is 41.7 Å². The summed E-state index contributed by atoms with van der Waals surface area (Å²) in [6, 6.07) is 12.0. The summed E-state index contributed by atoms with van der Waals surface area (Å²) in [6.07, 6.45) is 0. The molecule has 2 aromatic carbocycles. The van der Waals surface area contributed by atoms with Crippen molar-refractivity contribution in [2.24, 2.45) is 0 Å². The molecule has 0 aliphatic carbocycles. The van der Waals surface area contributed by atoms with Crippen LogP contribution in [0.5, 0.6) is 5.75 Å². The van der Waals surface area contributed by atoms with E-state index in [0.29, 0.717) is 5.92 Å². The van der Waals surface area contributed by atoms with Crippen molar-refractivity contribution in [3.63, 3.8) is 0 Å². The van der Waals surface area contributed by atoms with Crippen LogP contribution in [-0.4, -0.2) is 72.8 Å². The molecule has 11 heteroatoms. The number of piperazine rings is 1. The minimum absolute atomic E-state index is 0.0413. The van der Waals surface area contributed by atoms with Crippen LogP contribution in [0.25, 0.3) is 0 Å². The molecule has 0 bridgehead atoms. The Hall–Kier alpha value is -3.44. The number of benzene rings is 2. The van der Waals surface area contributed by atoms with Gasteiger partial charge in [-0.25, -0.2) is 13.2 Å². The molecule has 0 radical (unpaired) electrons. The minimum Gasteiger partial charge on any atom is -0.482 e. The summed E-state index contributed by atoms with van der Waals surface area (Å²) in [5, 5.41) is 11.5. The number of nitrogens with zero attached hydrogens (tertiary/aromatic N) is 2. The highest BCUT2D eigenvalue weighted by Gasteiger charge is 2.40. The van der Waals surface area contributed by atoms with Crippen LogP contribution in [0.4, 0.5) is 0 Å². The summed E-state index contributed by atoms with van der Waals surface area (Å²) in [5.41, 5.74) is 2.05. The van der Waals surface area contributed by atoms with Crippen molar-refractivity contribution in [3.05, 3.63) is 59.7 Å². The minimum atomic E-state index is -4.09. The summed E-state index contributed by atoms with van der Waals surface area (Å²) in [6.45, 7) is 5.28. The van der Waals surface area contributed by atoms with Crippen LogP contribution in [0, 0.1) is 0 Å². The van der Waals surface area contributed by atoms with Crippen LogP contribution in [0.2, 0.25) is 0 Å². The van der Waals surface area contributed by atoms with Gasteiger partial charge in [-0.3, -0.25) is 9.59 Å². The number of carbonyl (C=O) groups excluding carboxylic acids is 2. The topological polar surface area (TPSA) is 133 Å². The molecule has 0 saturated carbocycles. The SMILES string of the molecule is CC(=O)N1CCN(S(=O)(=O)c2ccc(OCC(=O)O)cc2)C(C(=O)NCc2ccc(C(C)C)cc2)C1. The van der Waals surface area contributed by atoms with E-state index in [-0.39, 0.29) is 42.7 Å². The normalized spacial score (nSPS) is 16.6. The molecule has 194 valence electrons. The number of carboxylic acids is 1. The van der Waals surface area contributed by atoms with Crippen LogP contribution >= 0.6 is 0 Å². The van der Waals surface area contributed by atoms with Crippen molar-refractivity contribution in [2.45, 2.75) is 44.2 Å². The fourth-order valence-corrected chi connectivity index (χ4v) is 5.44. The van der Waals surface area contributed by atoms with Crippen LogP contribution < -0.4 is 10.1 Å². The highest BCUT2D eigenvalue weighted by molar-refractivity contribution is 7.89. The first-order chi connectivity index (χ1) is 17.0. The molecule has 1 heterocycles. The van der Waals surface area contributed by atoms with Crippen molar-refractivity contribution in [2.75, 3.05) is 26.2 Å². The Bertz CT molecular complexity index is 1200. The molecule has 1 saturated heterocycles. The van der Waals surface area contributed by atoms with Gasteiger partial charge in [0, 0.05) is 33.1 Å². The fourth-order valence-electron chi connectivity index (χ4n) is 3.87. The number of hydrogen-bond donors (Lipinski definition) is 2. The van der Waals surface area contributed by atoms with Gasteiger partial charge in [-0.05, 0) is 41.3 Å². The molecular weight excluding hydrogens is 486 g/mol. The van der Waals surface area contributed by atoms with Gasteiger partial charge in [0.1, 0.15) is 11.8 Å². The lowest BCUT2D eigenvalue weighted by atomic mass is 10.0. The van der Waals surface area contributed by atoms with Crippen molar-refractivity contribution >= 4 is 27.8 Å². The monoisotopic (exact) mass is 517 g/mol. The zero-order chi connectivity index (χ0) is 26.5. The molecule has 0 aromatic heterocycles. The van der Waals surface area contributed by atoms with Crippen LogP contribution in [-0.2, 0) is 31.0 Å². The van der Waals surface area contributed by atoms with E-state index in [1.807, 2.05) is 24.3 Å². The number of rotatable bonds is 9. The first-order valence-corrected chi connectivity index (χ1v) is 13.0. The third-order valence-electron chi connectivity index (χ3n) is 5.98. The van der Waals surface area contributed by atoms with Crippen LogP contribution in [0.3, 0.4) is 0 Å². The number of carboxylic acid groups (broad SMARTS) is 1. The molecule has 10 nitrogen and oxygen atoms in total. The van der Waals surface area contributed by atoms with Gasteiger partial charge in [-0.15, -0.1) is 0 Å². The van der Waals surface area contributed by atoms with Crippen LogP contribution in [0.15, 0.2) is 53.4 Å². The second-order valence-electron chi connectivity index (χ2n) is 8.86. The zero-order valence-corrected chi connectivity index (χ0v) is 21.3. The molecule has 1 aliphatic heterocycles. The van der Waals surface area contributed by atoms with Gasteiger partial charge >= 0.3 is 5.97 Å². The lowest BCUT2D eigenvalue weighted by Gasteiger charge is -2.39. The molecule has 1 fully saturated rings. The number of sulfonamides is 1. The van der Waals surface area contributed by atoms with Gasteiger partial charge in [0.05, 0.1) is 4.90 Å². The van der Waals surface area contributed by atoms with E-state index in [2.05, 4.69) is 19.2 Å². The second-order valence-corrected chi connectivity index (χ2v) is 10.8. The summed E-state index contributed by atoms with van der Waals surface area (Å²) in [7, 11) is -4.09. The highest BCUT2D eigenvalue weighted by Crippen LogP contribution is 2.24. The predicted octanol–water partition coefficient (Wildman–Crippen LogP) is 1.81. The molecule has 2 N–H and O–H groups in total. The molecule has 1 aliphatic rings. The first kappa shape index (κ1) is 27.2. The number of ether oxygens (including phenoxy) is 1. The summed E-state index contributed by atoms with van der Waals surface area (Å²) >= 11 is 0. The maximum Gasteiger partial charge on any atom is 0.341 e. The molecule has 0 spiro atoms. The number of hydrogen-bond acceptors (Lipinski definition) is 6. The van der Waals surface area contributed by atoms with Crippen LogP contribution in [0.1, 0.15) is 37.8 Å². The van der Waals surface area contributed by atoms with Gasteiger partial charge in [-0.2, -0.15) is 4.31 Å². The summed E-state index contributed by atoms with van der Waals surface area (Å²) in [4.78, 5) is 37.2. The smallest absolute Gasteiger partial charge is 0.341 e. The van der Waals surface area contributed by atoms with E-state index >= 15 is 0 Å². The largest absolute Gasteiger partial charge is 0.482 e. The molecule has 3 rings (SSSR count). The Balaban J connectivity index is 1.78. The maximum atomic E-state index is 13.4. The highest BCUT2D eigenvalue weighted by atomic mass is 32.2. The lowest BCUT2D eigenvalue weighted by Crippen LogP contribution is -2.61. The molecular formula is C25H31N3O7S. The molecule has 2 amide bonds. The number of amides is 2. The van der Waals surface area contributed by atoms with E-state index in [1.54, 1.807) is 0 Å². The van der Waals surface area contributed by atoms with Gasteiger partial charge in [-0.1, -0.05) is 38.1 Å². The summed E-state index contributed by atoms with van der Waals surface area (Å²) in [5.74, 6) is -1.31. The van der Waals surface area contributed by atoms with Gasteiger partial charge < -0.3 is 20.1 Å². The van der Waals surface area contributed by atoms with Gasteiger partial charge in [0.15, 0.2) is 6.61 Å². The number of carbonyl (C=O) groups is 3. The van der Waals surface area contributed by atoms with Crippen molar-refractivity contribution in [1.29, 1.82) is 0 Å². The van der Waals surface area contributed by atoms with Crippen molar-refractivity contribution in [1.82, 2.24) is 14.5 Å². The third kappa shape index (κ3) is 6.61. The van der Waals surface area contributed by atoms with Gasteiger partial charge in [0.2, 0.25) is 21.8 Å². The standard InChI is InChI=1S/C25H31N3O7S/c1-17(2)20-6-4-19(5-7-20)14-26-25(32)23-15-27(18(3)29)12-13-28(23)36(33,34)22-10-8-21(9-11-22)35-16-24(30)31/h4-11,17,23H,12-16H2,1-3H3,(H,26,32)(H,30,31). The average molecular weight is 518 g/mol. The Morgan fingerprint density at radius 1 is 1.06 bits per heavy atom. The fraction of sp³-hybridized carbons (Fsp3) is 0.400. The van der Waals surface area contributed by atoms with Crippen molar-refractivity contribution in [3.8, 4) is 5.75 Å². The number of nitrogens with one attached hydrogen (secondary N) is 1. The molecule has 1 atom stereocenters. The molecule has 2 aromatic rings. The van der Waals surface area contributed by atoms with Crippen molar-refractivity contribution < 1.29 is 32.6 Å². The Morgan fingerprint density at radius 3 is 2.25 bits per heavy atom.